The van der Waals surface area contributed by atoms with Crippen molar-refractivity contribution in [2.24, 2.45) is 0 Å². The van der Waals surface area contributed by atoms with Gasteiger partial charge in [0.15, 0.2) is 0 Å². The zero-order valence-corrected chi connectivity index (χ0v) is 13.5. The molecule has 0 spiro atoms. The van der Waals surface area contributed by atoms with E-state index in [0.29, 0.717) is 26.2 Å². The van der Waals surface area contributed by atoms with E-state index in [-0.39, 0.29) is 18.4 Å². The summed E-state index contributed by atoms with van der Waals surface area (Å²) in [6, 6.07) is 3.88. The molecule has 1 aromatic heterocycles. The number of aryl methyl sites for hydroxylation is 1. The van der Waals surface area contributed by atoms with Crippen molar-refractivity contribution < 1.29 is 19.4 Å². The van der Waals surface area contributed by atoms with Crippen LogP contribution in [0.25, 0.3) is 0 Å². The number of aliphatic carboxylic acids is 1. The lowest BCUT2D eigenvalue weighted by molar-refractivity contribution is -0.146. The first-order chi connectivity index (χ1) is 10.7. The first kappa shape index (κ1) is 17.0. The number of carbonyl (C=O) groups is 2. The van der Waals surface area contributed by atoms with Crippen LogP contribution in [0.15, 0.2) is 17.5 Å². The van der Waals surface area contributed by atoms with Gasteiger partial charge in [0.25, 0.3) is 0 Å². The molecule has 6 heteroatoms. The van der Waals surface area contributed by atoms with Crippen LogP contribution in [0, 0.1) is 0 Å². The highest BCUT2D eigenvalue weighted by molar-refractivity contribution is 7.09. The summed E-state index contributed by atoms with van der Waals surface area (Å²) in [4.78, 5) is 26.2. The van der Waals surface area contributed by atoms with Crippen LogP contribution in [-0.2, 0) is 20.7 Å². The number of amides is 1. The fourth-order valence-corrected chi connectivity index (χ4v) is 3.46. The van der Waals surface area contributed by atoms with Gasteiger partial charge in [0.1, 0.15) is 0 Å². The minimum atomic E-state index is -0.885. The van der Waals surface area contributed by atoms with Crippen molar-refractivity contribution in [2.45, 2.75) is 44.6 Å². The Labute approximate surface area is 134 Å². The van der Waals surface area contributed by atoms with Crippen molar-refractivity contribution in [2.75, 3.05) is 19.8 Å². The van der Waals surface area contributed by atoms with Crippen molar-refractivity contribution in [1.29, 1.82) is 0 Å². The fraction of sp³-hybridized carbons (Fsp3) is 0.625. The lowest BCUT2D eigenvalue weighted by Crippen LogP contribution is -2.49. The molecule has 0 aromatic carbocycles. The summed E-state index contributed by atoms with van der Waals surface area (Å²) in [6.45, 7) is 1.34. The standard InChI is InChI=1S/C16H23NO4S/c18-15(7-3-1-2-5-14-6-4-10-22-14)17-8-9-21-12-13(17)11-16(19)20/h4,6,10,13H,1-3,5,7-9,11-12H2,(H,19,20). The smallest absolute Gasteiger partial charge is 0.305 e. The summed E-state index contributed by atoms with van der Waals surface area (Å²) in [6.07, 6.45) is 4.52. The topological polar surface area (TPSA) is 66.8 Å². The fourth-order valence-electron chi connectivity index (χ4n) is 2.70. The third-order valence-electron chi connectivity index (χ3n) is 3.85. The second-order valence-corrected chi connectivity index (χ2v) is 6.59. The van der Waals surface area contributed by atoms with Crippen LogP contribution in [0.5, 0.6) is 0 Å². The van der Waals surface area contributed by atoms with Gasteiger partial charge in [-0.3, -0.25) is 9.59 Å². The minimum Gasteiger partial charge on any atom is -0.481 e. The van der Waals surface area contributed by atoms with Crippen molar-refractivity contribution in [3.8, 4) is 0 Å². The average Bonchev–Trinajstić information content (AvgIpc) is 3.00. The molecule has 122 valence electrons. The molecule has 22 heavy (non-hydrogen) atoms. The van der Waals surface area contributed by atoms with E-state index in [0.717, 1.165) is 25.7 Å². The van der Waals surface area contributed by atoms with Crippen LogP contribution in [0.4, 0.5) is 0 Å². The molecule has 0 bridgehead atoms. The van der Waals surface area contributed by atoms with E-state index in [1.807, 2.05) is 0 Å². The molecular formula is C16H23NO4S. The number of carbonyl (C=O) groups excluding carboxylic acids is 1. The van der Waals surface area contributed by atoms with Gasteiger partial charge in [-0.25, -0.2) is 0 Å². The highest BCUT2D eigenvalue weighted by Gasteiger charge is 2.28. The lowest BCUT2D eigenvalue weighted by Gasteiger charge is -2.35. The number of nitrogens with zero attached hydrogens (tertiary/aromatic N) is 1. The second kappa shape index (κ2) is 8.90. The Morgan fingerprint density at radius 2 is 2.23 bits per heavy atom. The van der Waals surface area contributed by atoms with E-state index in [4.69, 9.17) is 9.84 Å². The van der Waals surface area contributed by atoms with E-state index < -0.39 is 5.97 Å². The van der Waals surface area contributed by atoms with E-state index in [2.05, 4.69) is 17.5 Å². The number of ether oxygens (including phenoxy) is 1. The Balaban J connectivity index is 1.67. The van der Waals surface area contributed by atoms with Crippen molar-refractivity contribution in [3.63, 3.8) is 0 Å². The number of carboxylic acids is 1. The number of unbranched alkanes of at least 4 members (excludes halogenated alkanes) is 2. The molecule has 0 radical (unpaired) electrons. The molecule has 5 nitrogen and oxygen atoms in total. The summed E-state index contributed by atoms with van der Waals surface area (Å²) in [7, 11) is 0. The van der Waals surface area contributed by atoms with Gasteiger partial charge in [-0.05, 0) is 30.7 Å². The molecule has 2 rings (SSSR count). The number of morpholine rings is 1. The van der Waals surface area contributed by atoms with E-state index in [1.165, 1.54) is 4.88 Å². The largest absolute Gasteiger partial charge is 0.481 e. The monoisotopic (exact) mass is 325 g/mol. The quantitative estimate of drug-likeness (QED) is 0.746. The predicted molar refractivity (Wildman–Crippen MR) is 85.1 cm³/mol. The maximum absolute atomic E-state index is 12.3. The summed E-state index contributed by atoms with van der Waals surface area (Å²) in [5.74, 6) is -0.824. The molecule has 1 atom stereocenters. The Bertz CT molecular complexity index is 475. The maximum atomic E-state index is 12.3. The van der Waals surface area contributed by atoms with Crippen molar-refractivity contribution in [3.05, 3.63) is 22.4 Å². The second-order valence-electron chi connectivity index (χ2n) is 5.55. The normalized spacial score (nSPS) is 18.4. The molecule has 1 N–H and O–H groups in total. The Kier molecular flexibility index (Phi) is 6.86. The van der Waals surface area contributed by atoms with Crippen LogP contribution in [0.2, 0.25) is 0 Å². The summed E-state index contributed by atoms with van der Waals surface area (Å²) < 4.78 is 5.29. The van der Waals surface area contributed by atoms with E-state index in [9.17, 15) is 9.59 Å². The van der Waals surface area contributed by atoms with Gasteiger partial charge in [-0.2, -0.15) is 0 Å². The van der Waals surface area contributed by atoms with Gasteiger partial charge in [0.2, 0.25) is 5.91 Å². The van der Waals surface area contributed by atoms with Gasteiger partial charge >= 0.3 is 5.97 Å². The van der Waals surface area contributed by atoms with Crippen LogP contribution in [0.3, 0.4) is 0 Å². The molecule has 1 saturated heterocycles. The number of rotatable bonds is 8. The zero-order valence-electron chi connectivity index (χ0n) is 12.7. The molecular weight excluding hydrogens is 302 g/mol. The molecule has 2 heterocycles. The van der Waals surface area contributed by atoms with Gasteiger partial charge in [0.05, 0.1) is 25.7 Å². The third-order valence-corrected chi connectivity index (χ3v) is 4.79. The summed E-state index contributed by atoms with van der Waals surface area (Å²) >= 11 is 1.77. The first-order valence-corrected chi connectivity index (χ1v) is 8.66. The Morgan fingerprint density at radius 1 is 1.36 bits per heavy atom. The minimum absolute atomic E-state index is 0.0376. The summed E-state index contributed by atoms with van der Waals surface area (Å²) in [5.41, 5.74) is 0. The molecule has 1 fully saturated rings. The van der Waals surface area contributed by atoms with Gasteiger partial charge in [0, 0.05) is 17.8 Å². The predicted octanol–water partition coefficient (Wildman–Crippen LogP) is 2.55. The zero-order chi connectivity index (χ0) is 15.8. The Hall–Kier alpha value is -1.40. The number of carboxylic acid groups (broad SMARTS) is 1. The highest BCUT2D eigenvalue weighted by atomic mass is 32.1. The van der Waals surface area contributed by atoms with Crippen molar-refractivity contribution in [1.82, 2.24) is 4.90 Å². The van der Waals surface area contributed by atoms with Crippen LogP contribution in [-0.4, -0.2) is 47.7 Å². The van der Waals surface area contributed by atoms with Crippen LogP contribution >= 0.6 is 11.3 Å². The molecule has 1 aliphatic heterocycles. The highest BCUT2D eigenvalue weighted by Crippen LogP contribution is 2.16. The number of thiophene rings is 1. The number of hydrogen-bond acceptors (Lipinski definition) is 4. The molecule has 0 aliphatic carbocycles. The third kappa shape index (κ3) is 5.42. The van der Waals surface area contributed by atoms with E-state index >= 15 is 0 Å². The molecule has 1 unspecified atom stereocenters. The van der Waals surface area contributed by atoms with Crippen molar-refractivity contribution >= 4 is 23.2 Å². The van der Waals surface area contributed by atoms with E-state index in [1.54, 1.807) is 16.2 Å². The first-order valence-electron chi connectivity index (χ1n) is 7.78. The Morgan fingerprint density at radius 3 is 2.95 bits per heavy atom. The molecule has 1 aromatic rings. The van der Waals surface area contributed by atoms with Crippen LogP contribution in [0.1, 0.15) is 37.0 Å². The average molecular weight is 325 g/mol. The van der Waals surface area contributed by atoms with Gasteiger partial charge in [-0.15, -0.1) is 11.3 Å². The van der Waals surface area contributed by atoms with Gasteiger partial charge < -0.3 is 14.7 Å². The molecule has 0 saturated carbocycles. The molecule has 1 aliphatic rings. The van der Waals surface area contributed by atoms with Gasteiger partial charge in [-0.1, -0.05) is 12.5 Å². The number of hydrogen-bond donors (Lipinski definition) is 1. The molecule has 1 amide bonds. The SMILES string of the molecule is O=C(O)CC1COCCN1C(=O)CCCCCc1cccs1. The summed E-state index contributed by atoms with van der Waals surface area (Å²) in [5, 5.41) is 11.0. The lowest BCUT2D eigenvalue weighted by atomic mass is 10.1. The van der Waals surface area contributed by atoms with Crippen LogP contribution < -0.4 is 0 Å². The maximum Gasteiger partial charge on any atom is 0.305 e.